The van der Waals surface area contributed by atoms with Crippen molar-refractivity contribution in [2.45, 2.75) is 12.0 Å². The van der Waals surface area contributed by atoms with Crippen LogP contribution in [-0.2, 0) is 0 Å². The van der Waals surface area contributed by atoms with Crippen molar-refractivity contribution in [2.75, 3.05) is 6.61 Å². The van der Waals surface area contributed by atoms with E-state index in [1.807, 2.05) is 0 Å². The molecule has 0 aromatic carbocycles. The maximum Gasteiger partial charge on any atom is 0.290 e. The van der Waals surface area contributed by atoms with Crippen molar-refractivity contribution >= 4 is 22.9 Å². The second-order valence-corrected chi connectivity index (χ2v) is 4.29. The van der Waals surface area contributed by atoms with Crippen molar-refractivity contribution in [1.29, 1.82) is 0 Å². The fourth-order valence-corrected chi connectivity index (χ4v) is 1.93. The lowest BCUT2D eigenvalue weighted by Crippen LogP contribution is -2.35. The second kappa shape index (κ2) is 3.88. The van der Waals surface area contributed by atoms with Gasteiger partial charge in [-0.3, -0.25) is 0 Å². The largest absolute Gasteiger partial charge is 0.390 e. The van der Waals surface area contributed by atoms with Crippen molar-refractivity contribution in [2.24, 2.45) is 5.73 Å². The van der Waals surface area contributed by atoms with Crippen LogP contribution in [0.5, 0.6) is 0 Å². The van der Waals surface area contributed by atoms with Crippen molar-refractivity contribution in [1.82, 2.24) is 0 Å². The van der Waals surface area contributed by atoms with E-state index in [0.717, 1.165) is 11.3 Å². The first-order valence-electron chi connectivity index (χ1n) is 3.47. The number of halogens is 3. The van der Waals surface area contributed by atoms with Gasteiger partial charge in [-0.05, 0) is 12.1 Å². The predicted octanol–water partition coefficient (Wildman–Crippen LogP) is 2.03. The highest BCUT2D eigenvalue weighted by Crippen LogP contribution is 2.34. The fourth-order valence-electron chi connectivity index (χ4n) is 0.802. The molecule has 0 fully saturated rings. The third-order valence-electron chi connectivity index (χ3n) is 1.57. The molecule has 1 heterocycles. The Morgan fingerprint density at radius 1 is 1.62 bits per heavy atom. The zero-order valence-corrected chi connectivity index (χ0v) is 8.08. The predicted molar refractivity (Wildman–Crippen MR) is 48.3 cm³/mol. The standard InChI is InChI=1S/C7H8ClF2NOS/c8-5-2-1-4(13-5)6(11)7(9,10)3-12/h1-2,6,12H,3,11H2. The number of thiophene rings is 1. The average Bonchev–Trinajstić information content (AvgIpc) is 2.50. The van der Waals surface area contributed by atoms with Crippen LogP contribution in [0.4, 0.5) is 8.78 Å². The lowest BCUT2D eigenvalue weighted by Gasteiger charge is -2.19. The maximum atomic E-state index is 12.8. The highest BCUT2D eigenvalue weighted by Gasteiger charge is 2.38. The summed E-state index contributed by atoms with van der Waals surface area (Å²) in [7, 11) is 0. The number of aliphatic hydroxyl groups is 1. The van der Waals surface area contributed by atoms with E-state index in [4.69, 9.17) is 22.4 Å². The first kappa shape index (κ1) is 10.8. The fraction of sp³-hybridized carbons (Fsp3) is 0.429. The second-order valence-electron chi connectivity index (χ2n) is 2.54. The molecule has 0 saturated heterocycles. The van der Waals surface area contributed by atoms with Gasteiger partial charge in [-0.1, -0.05) is 11.6 Å². The Balaban J connectivity index is 2.84. The lowest BCUT2D eigenvalue weighted by atomic mass is 10.1. The molecule has 1 unspecified atom stereocenters. The van der Waals surface area contributed by atoms with Crippen LogP contribution in [0.1, 0.15) is 10.9 Å². The molecule has 6 heteroatoms. The van der Waals surface area contributed by atoms with Gasteiger partial charge in [0.15, 0.2) is 0 Å². The van der Waals surface area contributed by atoms with E-state index in [1.54, 1.807) is 0 Å². The minimum atomic E-state index is -3.30. The third-order valence-corrected chi connectivity index (χ3v) is 2.88. The number of rotatable bonds is 3. The molecule has 1 aromatic rings. The molecule has 74 valence electrons. The van der Waals surface area contributed by atoms with E-state index in [9.17, 15) is 8.78 Å². The van der Waals surface area contributed by atoms with Crippen LogP contribution in [0.2, 0.25) is 4.34 Å². The van der Waals surface area contributed by atoms with E-state index < -0.39 is 18.6 Å². The molecule has 0 spiro atoms. The summed E-state index contributed by atoms with van der Waals surface area (Å²) in [5.74, 6) is -3.30. The van der Waals surface area contributed by atoms with Crippen molar-refractivity contribution in [3.8, 4) is 0 Å². The minimum Gasteiger partial charge on any atom is -0.390 e. The van der Waals surface area contributed by atoms with Crippen LogP contribution in [0, 0.1) is 0 Å². The average molecular weight is 228 g/mol. The number of hydrogen-bond acceptors (Lipinski definition) is 3. The molecule has 3 N–H and O–H groups in total. The van der Waals surface area contributed by atoms with Crippen LogP contribution >= 0.6 is 22.9 Å². The molecule has 13 heavy (non-hydrogen) atoms. The summed E-state index contributed by atoms with van der Waals surface area (Å²) < 4.78 is 26.1. The Labute approximate surface area is 82.9 Å². The Bertz CT molecular complexity index is 292. The summed E-state index contributed by atoms with van der Waals surface area (Å²) in [5, 5.41) is 8.37. The van der Waals surface area contributed by atoms with Gasteiger partial charge in [-0.25, -0.2) is 8.78 Å². The van der Waals surface area contributed by atoms with E-state index in [2.05, 4.69) is 0 Å². The van der Waals surface area contributed by atoms with Crippen molar-refractivity contribution < 1.29 is 13.9 Å². The van der Waals surface area contributed by atoms with Crippen molar-refractivity contribution in [3.05, 3.63) is 21.3 Å². The summed E-state index contributed by atoms with van der Waals surface area (Å²) in [6, 6.07) is 1.44. The summed E-state index contributed by atoms with van der Waals surface area (Å²) in [6.45, 7) is -1.26. The van der Waals surface area contributed by atoms with Gasteiger partial charge in [0, 0.05) is 4.88 Å². The quantitative estimate of drug-likeness (QED) is 0.830. The molecule has 0 amide bonds. The molecule has 1 rings (SSSR count). The Morgan fingerprint density at radius 3 is 2.62 bits per heavy atom. The summed E-state index contributed by atoms with van der Waals surface area (Å²) in [4.78, 5) is 0.268. The van der Waals surface area contributed by atoms with Crippen LogP contribution in [0.25, 0.3) is 0 Å². The number of alkyl halides is 2. The van der Waals surface area contributed by atoms with Gasteiger partial charge in [-0.15, -0.1) is 11.3 Å². The Hall–Kier alpha value is -0.230. The van der Waals surface area contributed by atoms with E-state index in [1.165, 1.54) is 12.1 Å². The molecule has 1 aromatic heterocycles. The highest BCUT2D eigenvalue weighted by molar-refractivity contribution is 7.16. The van der Waals surface area contributed by atoms with Gasteiger partial charge in [0.05, 0.1) is 4.34 Å². The molecule has 0 aliphatic carbocycles. The van der Waals surface area contributed by atoms with E-state index in [-0.39, 0.29) is 4.88 Å². The van der Waals surface area contributed by atoms with Crippen LogP contribution < -0.4 is 5.73 Å². The van der Waals surface area contributed by atoms with Gasteiger partial charge < -0.3 is 10.8 Å². The normalized spacial score (nSPS) is 14.5. The van der Waals surface area contributed by atoms with Crippen LogP contribution in [0.15, 0.2) is 12.1 Å². The molecule has 0 aliphatic rings. The first-order valence-corrected chi connectivity index (χ1v) is 4.66. The smallest absolute Gasteiger partial charge is 0.290 e. The number of nitrogens with two attached hydrogens (primary N) is 1. The molecular formula is C7H8ClF2NOS. The summed E-state index contributed by atoms with van der Waals surface area (Å²) >= 11 is 6.54. The van der Waals surface area contributed by atoms with Gasteiger partial charge in [0.2, 0.25) is 0 Å². The number of hydrogen-bond donors (Lipinski definition) is 2. The molecule has 2 nitrogen and oxygen atoms in total. The first-order chi connectivity index (χ1) is 5.97. The van der Waals surface area contributed by atoms with E-state index >= 15 is 0 Å². The van der Waals surface area contributed by atoms with Gasteiger partial charge in [0.1, 0.15) is 12.6 Å². The monoisotopic (exact) mass is 227 g/mol. The molecule has 1 atom stereocenters. The SMILES string of the molecule is NC(c1ccc(Cl)s1)C(F)(F)CO. The van der Waals surface area contributed by atoms with Crippen molar-refractivity contribution in [3.63, 3.8) is 0 Å². The highest BCUT2D eigenvalue weighted by atomic mass is 35.5. The summed E-state index contributed by atoms with van der Waals surface area (Å²) in [6.07, 6.45) is 0. The summed E-state index contributed by atoms with van der Waals surface area (Å²) in [5.41, 5.74) is 5.24. The number of aliphatic hydroxyl groups excluding tert-OH is 1. The minimum absolute atomic E-state index is 0.268. The lowest BCUT2D eigenvalue weighted by molar-refractivity contribution is -0.0703. The van der Waals surface area contributed by atoms with E-state index in [0.29, 0.717) is 4.34 Å². The molecule has 0 radical (unpaired) electrons. The molecule has 0 aliphatic heterocycles. The Morgan fingerprint density at radius 2 is 2.23 bits per heavy atom. The van der Waals surface area contributed by atoms with Crippen LogP contribution in [0.3, 0.4) is 0 Å². The maximum absolute atomic E-state index is 12.8. The zero-order chi connectivity index (χ0) is 10.1. The topological polar surface area (TPSA) is 46.2 Å². The van der Waals surface area contributed by atoms with Gasteiger partial charge in [-0.2, -0.15) is 0 Å². The molecule has 0 bridgehead atoms. The molecular weight excluding hydrogens is 220 g/mol. The molecule has 0 saturated carbocycles. The third kappa shape index (κ3) is 2.37. The zero-order valence-electron chi connectivity index (χ0n) is 6.51. The Kier molecular flexibility index (Phi) is 3.23. The van der Waals surface area contributed by atoms with Crippen LogP contribution in [-0.4, -0.2) is 17.6 Å². The van der Waals surface area contributed by atoms with Gasteiger partial charge in [0.25, 0.3) is 5.92 Å². The van der Waals surface area contributed by atoms with Gasteiger partial charge >= 0.3 is 0 Å².